The SMILES string of the molecule is CC1CCCCC1NC(=O)n1cc(F)c(=O)[nH]c1=O. The number of amides is 1. The summed E-state index contributed by atoms with van der Waals surface area (Å²) in [5, 5.41) is 2.71. The minimum absolute atomic E-state index is 0.0249. The molecule has 1 aromatic rings. The molecule has 0 saturated heterocycles. The second-order valence-electron chi connectivity index (χ2n) is 4.92. The number of aromatic amines is 1. The molecule has 2 atom stereocenters. The molecule has 1 aliphatic rings. The number of hydrogen-bond acceptors (Lipinski definition) is 3. The summed E-state index contributed by atoms with van der Waals surface area (Å²) in [6.07, 6.45) is 4.61. The second-order valence-corrected chi connectivity index (χ2v) is 4.92. The molecule has 1 fully saturated rings. The lowest BCUT2D eigenvalue weighted by atomic mass is 9.86. The van der Waals surface area contributed by atoms with Crippen molar-refractivity contribution in [2.45, 2.75) is 38.6 Å². The lowest BCUT2D eigenvalue weighted by Crippen LogP contribution is -2.47. The van der Waals surface area contributed by atoms with Crippen molar-refractivity contribution in [1.29, 1.82) is 0 Å². The maximum absolute atomic E-state index is 13.1. The Bertz CT molecular complexity index is 593. The Labute approximate surface area is 108 Å². The molecule has 1 aliphatic carbocycles. The van der Waals surface area contributed by atoms with Crippen LogP contribution in [-0.4, -0.2) is 21.6 Å². The maximum Gasteiger partial charge on any atom is 0.336 e. The fourth-order valence-electron chi connectivity index (χ4n) is 2.36. The molecule has 104 valence electrons. The van der Waals surface area contributed by atoms with Crippen molar-refractivity contribution in [3.05, 3.63) is 32.9 Å². The Hall–Kier alpha value is -1.92. The molecule has 0 spiro atoms. The summed E-state index contributed by atoms with van der Waals surface area (Å²) in [7, 11) is 0. The third-order valence-corrected chi connectivity index (χ3v) is 3.54. The van der Waals surface area contributed by atoms with Crippen molar-refractivity contribution in [2.75, 3.05) is 0 Å². The molecule has 6 nitrogen and oxygen atoms in total. The molecule has 2 unspecified atom stereocenters. The number of carbonyl (C=O) groups excluding carboxylic acids is 1. The summed E-state index contributed by atoms with van der Waals surface area (Å²) >= 11 is 0. The molecular formula is C12H16FN3O3. The quantitative estimate of drug-likeness (QED) is 0.791. The van der Waals surface area contributed by atoms with Crippen LogP contribution in [0.1, 0.15) is 32.6 Å². The first-order valence-electron chi connectivity index (χ1n) is 6.31. The van der Waals surface area contributed by atoms with E-state index in [9.17, 15) is 18.8 Å². The zero-order chi connectivity index (χ0) is 14.0. The Kier molecular flexibility index (Phi) is 3.82. The molecule has 0 radical (unpaired) electrons. The van der Waals surface area contributed by atoms with E-state index in [0.29, 0.717) is 16.7 Å². The monoisotopic (exact) mass is 269 g/mol. The van der Waals surface area contributed by atoms with E-state index in [-0.39, 0.29) is 6.04 Å². The normalized spacial score (nSPS) is 23.1. The zero-order valence-electron chi connectivity index (χ0n) is 10.6. The van der Waals surface area contributed by atoms with Gasteiger partial charge in [-0.15, -0.1) is 0 Å². The highest BCUT2D eigenvalue weighted by atomic mass is 19.1. The number of rotatable bonds is 1. The lowest BCUT2D eigenvalue weighted by molar-refractivity contribution is 0.221. The van der Waals surface area contributed by atoms with Crippen LogP contribution in [0.2, 0.25) is 0 Å². The van der Waals surface area contributed by atoms with Crippen LogP contribution < -0.4 is 16.6 Å². The standard InChI is InChI=1S/C12H16FN3O3/c1-7-4-2-3-5-9(7)14-11(18)16-6-8(13)10(17)15-12(16)19/h6-7,9H,2-5H2,1H3,(H,14,18)(H,15,17,19). The minimum atomic E-state index is -1.16. The van der Waals surface area contributed by atoms with Crippen molar-refractivity contribution >= 4 is 6.03 Å². The van der Waals surface area contributed by atoms with Gasteiger partial charge in [-0.1, -0.05) is 19.8 Å². The predicted octanol–water partition coefficient (Wildman–Crippen LogP) is 0.812. The Morgan fingerprint density at radius 3 is 2.79 bits per heavy atom. The van der Waals surface area contributed by atoms with Crippen molar-refractivity contribution < 1.29 is 9.18 Å². The Morgan fingerprint density at radius 2 is 2.11 bits per heavy atom. The topological polar surface area (TPSA) is 84.0 Å². The highest BCUT2D eigenvalue weighted by molar-refractivity contribution is 5.76. The molecule has 1 amide bonds. The largest absolute Gasteiger partial charge is 0.336 e. The van der Waals surface area contributed by atoms with Crippen LogP contribution >= 0.6 is 0 Å². The molecule has 7 heteroatoms. The van der Waals surface area contributed by atoms with Gasteiger partial charge in [0, 0.05) is 6.04 Å². The molecule has 2 rings (SSSR count). The zero-order valence-corrected chi connectivity index (χ0v) is 10.6. The average Bonchev–Trinajstić information content (AvgIpc) is 2.36. The van der Waals surface area contributed by atoms with Gasteiger partial charge in [0.2, 0.25) is 5.82 Å². The van der Waals surface area contributed by atoms with Gasteiger partial charge < -0.3 is 5.32 Å². The van der Waals surface area contributed by atoms with E-state index >= 15 is 0 Å². The molecule has 0 bridgehead atoms. The molecule has 19 heavy (non-hydrogen) atoms. The maximum atomic E-state index is 13.1. The van der Waals surface area contributed by atoms with Gasteiger partial charge >= 0.3 is 11.7 Å². The van der Waals surface area contributed by atoms with Gasteiger partial charge in [-0.25, -0.2) is 14.2 Å². The van der Waals surface area contributed by atoms with Crippen molar-refractivity contribution in [2.24, 2.45) is 5.92 Å². The van der Waals surface area contributed by atoms with Crippen LogP contribution in [0.5, 0.6) is 0 Å². The summed E-state index contributed by atoms with van der Waals surface area (Å²) in [5.74, 6) is -0.840. The van der Waals surface area contributed by atoms with E-state index in [2.05, 4.69) is 5.32 Å². The number of nitrogens with one attached hydrogen (secondary N) is 2. The Balaban J connectivity index is 2.18. The van der Waals surface area contributed by atoms with Crippen LogP contribution in [0.4, 0.5) is 9.18 Å². The first kappa shape index (κ1) is 13.5. The third kappa shape index (κ3) is 2.91. The van der Waals surface area contributed by atoms with Crippen molar-refractivity contribution in [3.8, 4) is 0 Å². The third-order valence-electron chi connectivity index (χ3n) is 3.54. The van der Waals surface area contributed by atoms with Gasteiger partial charge in [0.1, 0.15) is 0 Å². The number of H-pyrrole nitrogens is 1. The molecule has 0 aromatic carbocycles. The fourth-order valence-corrected chi connectivity index (χ4v) is 2.36. The first-order chi connectivity index (χ1) is 8.99. The van der Waals surface area contributed by atoms with Gasteiger partial charge in [-0.05, 0) is 18.8 Å². The second kappa shape index (κ2) is 5.38. The van der Waals surface area contributed by atoms with Gasteiger partial charge in [0.25, 0.3) is 5.56 Å². The average molecular weight is 269 g/mol. The molecule has 0 aliphatic heterocycles. The van der Waals surface area contributed by atoms with Crippen LogP contribution in [0, 0.1) is 11.7 Å². The smallest absolute Gasteiger partial charge is 0.334 e. The van der Waals surface area contributed by atoms with Crippen molar-refractivity contribution in [1.82, 2.24) is 14.9 Å². The van der Waals surface area contributed by atoms with Crippen LogP contribution in [-0.2, 0) is 0 Å². The summed E-state index contributed by atoms with van der Waals surface area (Å²) in [6.45, 7) is 2.03. The van der Waals surface area contributed by atoms with Crippen LogP contribution in [0.15, 0.2) is 15.8 Å². The fraction of sp³-hybridized carbons (Fsp3) is 0.583. The van der Waals surface area contributed by atoms with E-state index < -0.39 is 23.1 Å². The van der Waals surface area contributed by atoms with E-state index in [1.165, 1.54) is 0 Å². The Morgan fingerprint density at radius 1 is 1.42 bits per heavy atom. The number of halogens is 1. The summed E-state index contributed by atoms with van der Waals surface area (Å²) in [6, 6.07) is -0.734. The molecule has 1 saturated carbocycles. The van der Waals surface area contributed by atoms with Crippen LogP contribution in [0.25, 0.3) is 0 Å². The van der Waals surface area contributed by atoms with Crippen LogP contribution in [0.3, 0.4) is 0 Å². The predicted molar refractivity (Wildman–Crippen MR) is 66.6 cm³/mol. The van der Waals surface area contributed by atoms with Gasteiger partial charge in [0.05, 0.1) is 6.20 Å². The van der Waals surface area contributed by atoms with Gasteiger partial charge in [0.15, 0.2) is 0 Å². The van der Waals surface area contributed by atoms with Gasteiger partial charge in [-0.2, -0.15) is 4.39 Å². The van der Waals surface area contributed by atoms with Crippen molar-refractivity contribution in [3.63, 3.8) is 0 Å². The number of carbonyl (C=O) groups is 1. The molecule has 2 N–H and O–H groups in total. The van der Waals surface area contributed by atoms with E-state index in [0.717, 1.165) is 25.7 Å². The van der Waals surface area contributed by atoms with E-state index in [1.807, 2.05) is 6.92 Å². The molecular weight excluding hydrogens is 253 g/mol. The first-order valence-corrected chi connectivity index (χ1v) is 6.31. The number of nitrogens with zero attached hydrogens (tertiary/aromatic N) is 1. The van der Waals surface area contributed by atoms with E-state index in [4.69, 9.17) is 0 Å². The van der Waals surface area contributed by atoms with Gasteiger partial charge in [-0.3, -0.25) is 9.78 Å². The highest BCUT2D eigenvalue weighted by Gasteiger charge is 2.23. The minimum Gasteiger partial charge on any atom is -0.334 e. The summed E-state index contributed by atoms with van der Waals surface area (Å²) in [5.41, 5.74) is -2.06. The van der Waals surface area contributed by atoms with E-state index in [1.54, 1.807) is 4.98 Å². The number of hydrogen-bond donors (Lipinski definition) is 2. The summed E-state index contributed by atoms with van der Waals surface area (Å²) in [4.78, 5) is 36.0. The summed E-state index contributed by atoms with van der Waals surface area (Å²) < 4.78 is 13.6. The molecule has 1 heterocycles. The number of aromatic nitrogens is 2. The molecule has 1 aromatic heterocycles. The lowest BCUT2D eigenvalue weighted by Gasteiger charge is -2.29. The highest BCUT2D eigenvalue weighted by Crippen LogP contribution is 2.23.